The molecule has 4 nitrogen and oxygen atoms in total. The third-order valence-electron chi connectivity index (χ3n) is 1.69. The van der Waals surface area contributed by atoms with Gasteiger partial charge in [0.1, 0.15) is 5.69 Å². The molecule has 1 aromatic rings. The minimum Gasteiger partial charge on any atom is -0.464 e. The molecule has 66 valence electrons. The first-order chi connectivity index (χ1) is 5.69. The number of nitrogens with one attached hydrogen (secondary N) is 1. The van der Waals surface area contributed by atoms with Crippen molar-refractivity contribution in [3.05, 3.63) is 18.0 Å². The van der Waals surface area contributed by atoms with E-state index in [-0.39, 0.29) is 5.97 Å². The fourth-order valence-corrected chi connectivity index (χ4v) is 1.01. The van der Waals surface area contributed by atoms with Gasteiger partial charge in [-0.25, -0.2) is 4.79 Å². The van der Waals surface area contributed by atoms with Crippen LogP contribution >= 0.6 is 0 Å². The normalized spacial score (nSPS) is 9.58. The Morgan fingerprint density at radius 1 is 1.67 bits per heavy atom. The van der Waals surface area contributed by atoms with Crippen molar-refractivity contribution in [2.24, 2.45) is 7.05 Å². The van der Waals surface area contributed by atoms with Crippen molar-refractivity contribution in [3.8, 4) is 0 Å². The lowest BCUT2D eigenvalue weighted by Gasteiger charge is -1.98. The van der Waals surface area contributed by atoms with E-state index >= 15 is 0 Å². The summed E-state index contributed by atoms with van der Waals surface area (Å²) in [5.41, 5.74) is 1.44. The Labute approximate surface area is 71.1 Å². The average Bonchev–Trinajstić information content (AvgIpc) is 2.45. The van der Waals surface area contributed by atoms with Crippen LogP contribution in [0.15, 0.2) is 12.3 Å². The minimum absolute atomic E-state index is 0.320. The number of carbonyl (C=O) groups is 1. The van der Waals surface area contributed by atoms with Gasteiger partial charge >= 0.3 is 5.97 Å². The maximum absolute atomic E-state index is 11.1. The van der Waals surface area contributed by atoms with Crippen molar-refractivity contribution < 1.29 is 9.53 Å². The Bertz CT molecular complexity index is 291. The largest absolute Gasteiger partial charge is 0.464 e. The highest BCUT2D eigenvalue weighted by Crippen LogP contribution is 2.12. The number of aryl methyl sites for hydroxylation is 1. The zero-order valence-electron chi connectivity index (χ0n) is 7.42. The summed E-state index contributed by atoms with van der Waals surface area (Å²) in [6, 6.07) is 1.74. The summed E-state index contributed by atoms with van der Waals surface area (Å²) in [6.45, 7) is 0. The second-order valence-corrected chi connectivity index (χ2v) is 2.47. The molecule has 0 aromatic carbocycles. The number of anilines is 1. The Balaban J connectivity index is 2.99. The van der Waals surface area contributed by atoms with E-state index in [0.29, 0.717) is 5.69 Å². The Morgan fingerprint density at radius 2 is 2.33 bits per heavy atom. The minimum atomic E-state index is -0.320. The van der Waals surface area contributed by atoms with Gasteiger partial charge in [-0.15, -0.1) is 0 Å². The van der Waals surface area contributed by atoms with Crippen LogP contribution in [0.25, 0.3) is 0 Å². The van der Waals surface area contributed by atoms with Crippen LogP contribution in [0.5, 0.6) is 0 Å². The number of hydrogen-bond acceptors (Lipinski definition) is 3. The van der Waals surface area contributed by atoms with Crippen molar-refractivity contribution in [1.29, 1.82) is 0 Å². The van der Waals surface area contributed by atoms with E-state index in [2.05, 4.69) is 10.1 Å². The van der Waals surface area contributed by atoms with Crippen LogP contribution in [-0.4, -0.2) is 24.7 Å². The third kappa shape index (κ3) is 1.42. The van der Waals surface area contributed by atoms with E-state index < -0.39 is 0 Å². The molecule has 0 atom stereocenters. The molecule has 0 unspecified atom stereocenters. The molecule has 0 spiro atoms. The quantitative estimate of drug-likeness (QED) is 0.666. The number of nitrogens with zero attached hydrogens (tertiary/aromatic N) is 1. The van der Waals surface area contributed by atoms with Crippen molar-refractivity contribution in [1.82, 2.24) is 4.57 Å². The SMILES string of the molecule is CNc1cc(C(=O)OC)n(C)c1. The molecule has 0 aliphatic rings. The zero-order valence-corrected chi connectivity index (χ0v) is 7.42. The predicted molar refractivity (Wildman–Crippen MR) is 46.3 cm³/mol. The molecule has 0 amide bonds. The molecule has 0 aliphatic carbocycles. The lowest BCUT2D eigenvalue weighted by Crippen LogP contribution is -2.06. The number of hydrogen-bond donors (Lipinski definition) is 1. The van der Waals surface area contributed by atoms with E-state index in [9.17, 15) is 4.79 Å². The van der Waals surface area contributed by atoms with Crippen LogP contribution in [0.3, 0.4) is 0 Å². The summed E-state index contributed by atoms with van der Waals surface area (Å²) in [6.07, 6.45) is 1.83. The van der Waals surface area contributed by atoms with Gasteiger partial charge in [0.2, 0.25) is 0 Å². The number of rotatable bonds is 2. The maximum atomic E-state index is 11.1. The molecular formula is C8H12N2O2. The highest BCUT2D eigenvalue weighted by molar-refractivity contribution is 5.89. The molecular weight excluding hydrogens is 156 g/mol. The van der Waals surface area contributed by atoms with Crippen LogP contribution < -0.4 is 5.32 Å². The van der Waals surface area contributed by atoms with Crippen LogP contribution in [-0.2, 0) is 11.8 Å². The fourth-order valence-electron chi connectivity index (χ4n) is 1.01. The van der Waals surface area contributed by atoms with Crippen LogP contribution in [0, 0.1) is 0 Å². The number of ether oxygens (including phenoxy) is 1. The molecule has 4 heteroatoms. The Hall–Kier alpha value is -1.45. The molecule has 1 heterocycles. The van der Waals surface area contributed by atoms with E-state index in [1.165, 1.54) is 7.11 Å². The molecule has 0 saturated heterocycles. The molecule has 0 radical (unpaired) electrons. The number of methoxy groups -OCH3 is 1. The van der Waals surface area contributed by atoms with Gasteiger partial charge in [-0.1, -0.05) is 0 Å². The fraction of sp³-hybridized carbons (Fsp3) is 0.375. The molecule has 0 fully saturated rings. The van der Waals surface area contributed by atoms with Gasteiger partial charge in [-0.3, -0.25) is 0 Å². The van der Waals surface area contributed by atoms with E-state index in [1.807, 2.05) is 6.20 Å². The maximum Gasteiger partial charge on any atom is 0.354 e. The number of carbonyl (C=O) groups excluding carboxylic acids is 1. The lowest BCUT2D eigenvalue weighted by molar-refractivity contribution is 0.0590. The smallest absolute Gasteiger partial charge is 0.354 e. The van der Waals surface area contributed by atoms with Gasteiger partial charge in [0, 0.05) is 20.3 Å². The summed E-state index contributed by atoms with van der Waals surface area (Å²) >= 11 is 0. The molecule has 1 N–H and O–H groups in total. The third-order valence-corrected chi connectivity index (χ3v) is 1.69. The van der Waals surface area contributed by atoms with E-state index in [4.69, 9.17) is 0 Å². The molecule has 0 saturated carbocycles. The molecule has 12 heavy (non-hydrogen) atoms. The van der Waals surface area contributed by atoms with Gasteiger partial charge in [0.15, 0.2) is 0 Å². The van der Waals surface area contributed by atoms with Crippen molar-refractivity contribution in [3.63, 3.8) is 0 Å². The first kappa shape index (κ1) is 8.64. The molecule has 0 aliphatic heterocycles. The Morgan fingerprint density at radius 3 is 2.75 bits per heavy atom. The van der Waals surface area contributed by atoms with Crippen molar-refractivity contribution >= 4 is 11.7 Å². The highest BCUT2D eigenvalue weighted by atomic mass is 16.5. The second-order valence-electron chi connectivity index (χ2n) is 2.47. The van der Waals surface area contributed by atoms with Gasteiger partial charge < -0.3 is 14.6 Å². The molecule has 1 aromatic heterocycles. The highest BCUT2D eigenvalue weighted by Gasteiger charge is 2.10. The first-order valence-electron chi connectivity index (χ1n) is 3.61. The number of esters is 1. The first-order valence-corrected chi connectivity index (χ1v) is 3.61. The van der Waals surface area contributed by atoms with Crippen LogP contribution in [0.4, 0.5) is 5.69 Å². The molecule has 0 bridgehead atoms. The van der Waals surface area contributed by atoms with Gasteiger partial charge in [0.25, 0.3) is 0 Å². The monoisotopic (exact) mass is 168 g/mol. The van der Waals surface area contributed by atoms with Gasteiger partial charge in [-0.2, -0.15) is 0 Å². The Kier molecular flexibility index (Phi) is 2.38. The van der Waals surface area contributed by atoms with E-state index in [0.717, 1.165) is 5.69 Å². The lowest BCUT2D eigenvalue weighted by atomic mass is 10.4. The predicted octanol–water partition coefficient (Wildman–Crippen LogP) is 0.853. The second kappa shape index (κ2) is 3.30. The van der Waals surface area contributed by atoms with Gasteiger partial charge in [0.05, 0.1) is 12.8 Å². The standard InChI is InChI=1S/C8H12N2O2/c1-9-6-4-7(8(11)12-3)10(2)5-6/h4-5,9H,1-3H3. The summed E-state index contributed by atoms with van der Waals surface area (Å²) in [5, 5.41) is 2.94. The zero-order chi connectivity index (χ0) is 9.14. The van der Waals surface area contributed by atoms with Crippen molar-refractivity contribution in [2.45, 2.75) is 0 Å². The number of aromatic nitrogens is 1. The topological polar surface area (TPSA) is 43.3 Å². The van der Waals surface area contributed by atoms with Crippen LogP contribution in [0.2, 0.25) is 0 Å². The van der Waals surface area contributed by atoms with E-state index in [1.54, 1.807) is 24.7 Å². The van der Waals surface area contributed by atoms with Gasteiger partial charge in [-0.05, 0) is 6.07 Å². The van der Waals surface area contributed by atoms with Crippen LogP contribution in [0.1, 0.15) is 10.5 Å². The van der Waals surface area contributed by atoms with Crippen molar-refractivity contribution in [2.75, 3.05) is 19.5 Å². The molecule has 1 rings (SSSR count). The summed E-state index contributed by atoms with van der Waals surface area (Å²) in [4.78, 5) is 11.1. The summed E-state index contributed by atoms with van der Waals surface area (Å²) < 4.78 is 6.31. The summed E-state index contributed by atoms with van der Waals surface area (Å²) in [7, 11) is 4.97. The average molecular weight is 168 g/mol. The summed E-state index contributed by atoms with van der Waals surface area (Å²) in [5.74, 6) is -0.320.